The van der Waals surface area contributed by atoms with E-state index in [-0.39, 0.29) is 29.1 Å². The Morgan fingerprint density at radius 1 is 1.12 bits per heavy atom. The highest BCUT2D eigenvalue weighted by molar-refractivity contribution is 5.66. The maximum absolute atomic E-state index is 14.3. The summed E-state index contributed by atoms with van der Waals surface area (Å²) < 4.78 is 16.6. The molecule has 41 heavy (non-hydrogen) atoms. The van der Waals surface area contributed by atoms with E-state index in [0.717, 1.165) is 69.6 Å². The largest absolute Gasteiger partial charge is 0.481 e. The van der Waals surface area contributed by atoms with Crippen molar-refractivity contribution in [2.45, 2.75) is 88.5 Å². The third-order valence-corrected chi connectivity index (χ3v) is 10.4. The van der Waals surface area contributed by atoms with Crippen LogP contribution in [0.4, 0.5) is 4.39 Å². The van der Waals surface area contributed by atoms with Crippen molar-refractivity contribution in [2.75, 3.05) is 32.7 Å². The fourth-order valence-corrected chi connectivity index (χ4v) is 7.72. The zero-order valence-electron chi connectivity index (χ0n) is 24.9. The van der Waals surface area contributed by atoms with Crippen molar-refractivity contribution in [1.29, 1.82) is 0 Å². The van der Waals surface area contributed by atoms with Crippen LogP contribution in [-0.4, -0.2) is 68.5 Å². The van der Waals surface area contributed by atoms with E-state index in [2.05, 4.69) is 65.6 Å². The standard InChI is InChI=1S/C34H45FN4O2/c1-33(2,3)27-11-17-39-30(20-36-31(39)19-27)24-9-15-37(16-10-24)21-26-22-38(34(12-5-13-34)14-8-32(40)41)23-29(26)25-6-4-7-28(35)18-25/h4,6-7,11,17-20,24,26,29H,5,8-10,12-16,21-23H2,1-3H3,(H,40,41)/t26-,29+/m0/s1. The molecular weight excluding hydrogens is 515 g/mol. The predicted octanol–water partition coefficient (Wildman–Crippen LogP) is 6.45. The van der Waals surface area contributed by atoms with Gasteiger partial charge in [-0.05, 0) is 98.3 Å². The van der Waals surface area contributed by atoms with Crippen LogP contribution in [0.2, 0.25) is 0 Å². The Labute approximate surface area is 243 Å². The number of halogens is 1. The van der Waals surface area contributed by atoms with Gasteiger partial charge in [0.25, 0.3) is 0 Å². The van der Waals surface area contributed by atoms with Gasteiger partial charge < -0.3 is 14.4 Å². The van der Waals surface area contributed by atoms with E-state index >= 15 is 0 Å². The molecule has 3 aliphatic rings. The Hall–Kier alpha value is -2.77. The summed E-state index contributed by atoms with van der Waals surface area (Å²) in [6.45, 7) is 11.7. The van der Waals surface area contributed by atoms with E-state index in [1.165, 1.54) is 23.7 Å². The molecule has 4 heterocycles. The van der Waals surface area contributed by atoms with Gasteiger partial charge in [-0.2, -0.15) is 0 Å². The number of likely N-dealkylation sites (tertiary alicyclic amines) is 2. The Balaban J connectivity index is 1.14. The Kier molecular flexibility index (Phi) is 7.70. The molecule has 1 aromatic carbocycles. The van der Waals surface area contributed by atoms with Crippen molar-refractivity contribution < 1.29 is 14.3 Å². The maximum atomic E-state index is 14.3. The molecule has 2 atom stereocenters. The first-order valence-electron chi connectivity index (χ1n) is 15.5. The summed E-state index contributed by atoms with van der Waals surface area (Å²) in [6.07, 6.45) is 10.7. The van der Waals surface area contributed by atoms with Crippen LogP contribution < -0.4 is 0 Å². The van der Waals surface area contributed by atoms with E-state index in [4.69, 9.17) is 4.98 Å². The maximum Gasteiger partial charge on any atom is 0.303 e. The summed E-state index contributed by atoms with van der Waals surface area (Å²) in [5, 5.41) is 9.39. The second kappa shape index (κ2) is 11.1. The number of carboxylic acids is 1. The van der Waals surface area contributed by atoms with Crippen molar-refractivity contribution in [1.82, 2.24) is 19.2 Å². The molecule has 220 valence electrons. The fraction of sp³-hybridized carbons (Fsp3) is 0.588. The number of aromatic nitrogens is 2. The van der Waals surface area contributed by atoms with Crippen LogP contribution in [0, 0.1) is 11.7 Å². The summed E-state index contributed by atoms with van der Waals surface area (Å²) in [6, 6.07) is 11.6. The molecule has 0 spiro atoms. The van der Waals surface area contributed by atoms with E-state index in [0.29, 0.717) is 18.3 Å². The predicted molar refractivity (Wildman–Crippen MR) is 160 cm³/mol. The minimum Gasteiger partial charge on any atom is -0.481 e. The van der Waals surface area contributed by atoms with Crippen LogP contribution in [0.5, 0.6) is 0 Å². The third-order valence-electron chi connectivity index (χ3n) is 10.4. The number of hydrogen-bond acceptors (Lipinski definition) is 4. The number of hydrogen-bond donors (Lipinski definition) is 1. The van der Waals surface area contributed by atoms with Gasteiger partial charge in [0, 0.05) is 61.5 Å². The number of benzene rings is 1. The molecule has 0 unspecified atom stereocenters. The molecule has 1 aliphatic carbocycles. The molecule has 2 aromatic heterocycles. The average molecular weight is 561 g/mol. The lowest BCUT2D eigenvalue weighted by Crippen LogP contribution is -2.53. The molecule has 0 radical (unpaired) electrons. The lowest BCUT2D eigenvalue weighted by Gasteiger charge is -2.49. The quantitative estimate of drug-likeness (QED) is 0.343. The number of carboxylic acid groups (broad SMARTS) is 1. The van der Waals surface area contributed by atoms with E-state index in [1.807, 2.05) is 6.07 Å². The van der Waals surface area contributed by atoms with Gasteiger partial charge in [0.2, 0.25) is 0 Å². The first-order valence-corrected chi connectivity index (χ1v) is 15.5. The summed E-state index contributed by atoms with van der Waals surface area (Å²) in [5.74, 6) is 0.281. The lowest BCUT2D eigenvalue weighted by atomic mass is 9.72. The zero-order chi connectivity index (χ0) is 28.8. The summed E-state index contributed by atoms with van der Waals surface area (Å²) in [5.41, 5.74) is 4.85. The van der Waals surface area contributed by atoms with Gasteiger partial charge in [-0.3, -0.25) is 9.69 Å². The summed E-state index contributed by atoms with van der Waals surface area (Å²) >= 11 is 0. The third kappa shape index (κ3) is 5.80. The second-order valence-corrected chi connectivity index (χ2v) is 13.9. The molecule has 1 saturated carbocycles. The highest BCUT2D eigenvalue weighted by Crippen LogP contribution is 2.47. The molecule has 7 heteroatoms. The highest BCUT2D eigenvalue weighted by Gasteiger charge is 2.48. The molecular formula is C34H45FN4O2. The van der Waals surface area contributed by atoms with E-state index in [9.17, 15) is 14.3 Å². The first kappa shape index (κ1) is 28.4. The first-order chi connectivity index (χ1) is 19.6. The van der Waals surface area contributed by atoms with Crippen LogP contribution >= 0.6 is 0 Å². The van der Waals surface area contributed by atoms with Crippen LogP contribution in [-0.2, 0) is 10.2 Å². The SMILES string of the molecule is CC(C)(C)c1ccn2c(C3CCN(C[C@H]4CN(C5(CCC(=O)O)CCC5)C[C@@H]4c4cccc(F)c4)CC3)cnc2c1. The number of carbonyl (C=O) groups is 1. The van der Waals surface area contributed by atoms with Crippen LogP contribution in [0.15, 0.2) is 48.8 Å². The Bertz CT molecular complexity index is 1380. The van der Waals surface area contributed by atoms with Crippen LogP contribution in [0.25, 0.3) is 5.65 Å². The van der Waals surface area contributed by atoms with Crippen LogP contribution in [0.3, 0.4) is 0 Å². The van der Waals surface area contributed by atoms with Gasteiger partial charge in [0.05, 0.1) is 0 Å². The second-order valence-electron chi connectivity index (χ2n) is 13.9. The zero-order valence-corrected chi connectivity index (χ0v) is 24.9. The molecule has 2 aliphatic heterocycles. The number of fused-ring (bicyclic) bond motifs is 1. The van der Waals surface area contributed by atoms with Crippen molar-refractivity contribution in [2.24, 2.45) is 5.92 Å². The fourth-order valence-electron chi connectivity index (χ4n) is 7.72. The molecule has 0 amide bonds. The van der Waals surface area contributed by atoms with Gasteiger partial charge >= 0.3 is 5.97 Å². The monoisotopic (exact) mass is 560 g/mol. The highest BCUT2D eigenvalue weighted by atomic mass is 19.1. The number of piperidine rings is 1. The van der Waals surface area contributed by atoms with Crippen molar-refractivity contribution in [3.8, 4) is 0 Å². The number of pyridine rings is 1. The Morgan fingerprint density at radius 2 is 1.90 bits per heavy atom. The summed E-state index contributed by atoms with van der Waals surface area (Å²) in [7, 11) is 0. The topological polar surface area (TPSA) is 61.1 Å². The van der Waals surface area contributed by atoms with Gasteiger partial charge in [0.15, 0.2) is 0 Å². The average Bonchev–Trinajstić information content (AvgIpc) is 3.52. The number of rotatable bonds is 8. The van der Waals surface area contributed by atoms with Crippen LogP contribution in [0.1, 0.15) is 94.4 Å². The van der Waals surface area contributed by atoms with Gasteiger partial charge in [-0.1, -0.05) is 32.9 Å². The molecule has 2 saturated heterocycles. The van der Waals surface area contributed by atoms with E-state index in [1.54, 1.807) is 6.07 Å². The van der Waals surface area contributed by atoms with Gasteiger partial charge in [0.1, 0.15) is 11.5 Å². The molecule has 3 aromatic rings. The molecule has 3 fully saturated rings. The number of aliphatic carboxylic acids is 1. The Morgan fingerprint density at radius 3 is 2.56 bits per heavy atom. The lowest BCUT2D eigenvalue weighted by molar-refractivity contribution is -0.138. The molecule has 6 nitrogen and oxygen atoms in total. The molecule has 0 bridgehead atoms. The molecule has 1 N–H and O–H groups in total. The van der Waals surface area contributed by atoms with Gasteiger partial charge in [-0.25, -0.2) is 9.37 Å². The molecule has 6 rings (SSSR count). The van der Waals surface area contributed by atoms with E-state index < -0.39 is 5.97 Å². The summed E-state index contributed by atoms with van der Waals surface area (Å²) in [4.78, 5) is 21.4. The van der Waals surface area contributed by atoms with Crippen molar-refractivity contribution in [3.63, 3.8) is 0 Å². The van der Waals surface area contributed by atoms with Gasteiger partial charge in [-0.15, -0.1) is 0 Å². The normalized spacial score (nSPS) is 24.1. The van der Waals surface area contributed by atoms with Crippen molar-refractivity contribution in [3.05, 3.63) is 71.4 Å². The minimum atomic E-state index is -0.711. The number of nitrogens with zero attached hydrogens (tertiary/aromatic N) is 4. The smallest absolute Gasteiger partial charge is 0.303 e. The number of imidazole rings is 1. The minimum absolute atomic E-state index is 0.00161. The van der Waals surface area contributed by atoms with Crippen molar-refractivity contribution >= 4 is 11.6 Å².